The lowest BCUT2D eigenvalue weighted by atomic mass is 10.1. The second-order valence-electron chi connectivity index (χ2n) is 5.08. The van der Waals surface area contributed by atoms with E-state index < -0.39 is 11.8 Å². The molecule has 0 fully saturated rings. The second kappa shape index (κ2) is 5.20. The van der Waals surface area contributed by atoms with Crippen molar-refractivity contribution in [3.8, 4) is 17.1 Å². The van der Waals surface area contributed by atoms with Crippen LogP contribution in [0.15, 0.2) is 24.3 Å². The molecule has 2 aromatic rings. The van der Waals surface area contributed by atoms with Crippen LogP contribution in [0.3, 0.4) is 0 Å². The van der Waals surface area contributed by atoms with Crippen molar-refractivity contribution in [3.05, 3.63) is 35.6 Å². The van der Waals surface area contributed by atoms with Crippen molar-refractivity contribution in [1.29, 1.82) is 0 Å². The zero-order valence-electron chi connectivity index (χ0n) is 11.5. The van der Waals surface area contributed by atoms with E-state index in [-0.39, 0.29) is 28.6 Å². The predicted molar refractivity (Wildman–Crippen MR) is 73.9 cm³/mol. The van der Waals surface area contributed by atoms with Crippen LogP contribution in [0.2, 0.25) is 0 Å². The molecule has 0 radical (unpaired) electrons. The Balaban J connectivity index is 2.16. The van der Waals surface area contributed by atoms with Gasteiger partial charge in [0, 0.05) is 11.5 Å². The fourth-order valence-electron chi connectivity index (χ4n) is 2.49. The van der Waals surface area contributed by atoms with E-state index in [0.29, 0.717) is 13.2 Å². The van der Waals surface area contributed by atoms with Crippen molar-refractivity contribution >= 4 is 5.97 Å². The summed E-state index contributed by atoms with van der Waals surface area (Å²) in [6, 6.07) is 6.01. The molecule has 0 saturated carbocycles. The Kier molecular flexibility index (Phi) is 3.37. The first-order chi connectivity index (χ1) is 10.1. The van der Waals surface area contributed by atoms with E-state index in [4.69, 9.17) is 4.74 Å². The molecule has 0 amide bonds. The molecule has 0 saturated heterocycles. The molecule has 110 valence electrons. The summed E-state index contributed by atoms with van der Waals surface area (Å²) < 4.78 is 21.0. The average Bonchev–Trinajstić information content (AvgIpc) is 2.85. The molecule has 1 aliphatic rings. The lowest BCUT2D eigenvalue weighted by Gasteiger charge is -2.22. The molecule has 1 aromatic heterocycles. The van der Waals surface area contributed by atoms with E-state index in [1.165, 1.54) is 16.8 Å². The summed E-state index contributed by atoms with van der Waals surface area (Å²) in [4.78, 5) is 11.5. The summed E-state index contributed by atoms with van der Waals surface area (Å²) in [6.45, 7) is 3.08. The Bertz CT molecular complexity index is 696. The molecule has 0 aliphatic carbocycles. The second-order valence-corrected chi connectivity index (χ2v) is 5.08. The van der Waals surface area contributed by atoms with Crippen molar-refractivity contribution in [3.63, 3.8) is 0 Å². The van der Waals surface area contributed by atoms with Crippen molar-refractivity contribution in [2.75, 3.05) is 6.61 Å². The van der Waals surface area contributed by atoms with Crippen LogP contribution in [0, 0.1) is 11.7 Å². The van der Waals surface area contributed by atoms with Crippen LogP contribution >= 0.6 is 0 Å². The quantitative estimate of drug-likeness (QED) is 0.944. The van der Waals surface area contributed by atoms with E-state index in [1.54, 1.807) is 12.1 Å². The maximum absolute atomic E-state index is 13.9. The van der Waals surface area contributed by atoms with Crippen LogP contribution in [0.5, 0.6) is 5.88 Å². The van der Waals surface area contributed by atoms with Gasteiger partial charge in [-0.15, -0.1) is 0 Å². The number of hydrogen-bond donors (Lipinski definition) is 1. The highest BCUT2D eigenvalue weighted by Crippen LogP contribution is 2.35. The average molecular weight is 290 g/mol. The number of hydrogen-bond acceptors (Lipinski definition) is 3. The van der Waals surface area contributed by atoms with E-state index >= 15 is 0 Å². The van der Waals surface area contributed by atoms with Gasteiger partial charge in [0.25, 0.3) is 0 Å². The van der Waals surface area contributed by atoms with Crippen LogP contribution in [0.1, 0.15) is 23.7 Å². The molecule has 0 spiro atoms. The van der Waals surface area contributed by atoms with Crippen LogP contribution in [-0.2, 0) is 6.54 Å². The van der Waals surface area contributed by atoms with Crippen molar-refractivity contribution in [1.82, 2.24) is 9.78 Å². The maximum atomic E-state index is 13.9. The highest BCUT2D eigenvalue weighted by molar-refractivity contribution is 5.97. The zero-order valence-corrected chi connectivity index (χ0v) is 11.5. The van der Waals surface area contributed by atoms with E-state index in [1.807, 2.05) is 6.92 Å². The number of carboxylic acids is 1. The Morgan fingerprint density at radius 3 is 2.95 bits per heavy atom. The van der Waals surface area contributed by atoms with Gasteiger partial charge in [-0.05, 0) is 18.6 Å². The van der Waals surface area contributed by atoms with Gasteiger partial charge in [0.2, 0.25) is 5.88 Å². The van der Waals surface area contributed by atoms with Gasteiger partial charge in [-0.25, -0.2) is 13.9 Å². The van der Waals surface area contributed by atoms with Gasteiger partial charge in [0.1, 0.15) is 17.1 Å². The number of carbonyl (C=O) groups is 1. The van der Waals surface area contributed by atoms with Crippen LogP contribution in [0.4, 0.5) is 4.39 Å². The number of carboxylic acid groups (broad SMARTS) is 1. The molecule has 1 aromatic carbocycles. The summed E-state index contributed by atoms with van der Waals surface area (Å²) in [7, 11) is 0. The molecule has 1 aliphatic heterocycles. The topological polar surface area (TPSA) is 64.3 Å². The number of benzene rings is 1. The zero-order chi connectivity index (χ0) is 15.0. The van der Waals surface area contributed by atoms with Gasteiger partial charge < -0.3 is 9.84 Å². The molecule has 0 bridgehead atoms. The van der Waals surface area contributed by atoms with Crippen LogP contribution in [-0.4, -0.2) is 27.5 Å². The molecule has 6 heteroatoms. The lowest BCUT2D eigenvalue weighted by Crippen LogP contribution is -2.25. The third kappa shape index (κ3) is 2.26. The molecule has 21 heavy (non-hydrogen) atoms. The molecule has 5 nitrogen and oxygen atoms in total. The molecule has 1 N–H and O–H groups in total. The Labute approximate surface area is 121 Å². The first kappa shape index (κ1) is 13.6. The first-order valence-corrected chi connectivity index (χ1v) is 6.83. The smallest absolute Gasteiger partial charge is 0.343 e. The van der Waals surface area contributed by atoms with Crippen LogP contribution < -0.4 is 4.74 Å². The third-order valence-corrected chi connectivity index (χ3v) is 3.71. The molecule has 3 rings (SSSR count). The SMILES string of the molecule is CCC1COc2c(C(=O)O)c(-c3ccccc3F)nn2C1. The number of ether oxygens (including phenoxy) is 1. The Morgan fingerprint density at radius 2 is 2.29 bits per heavy atom. The summed E-state index contributed by atoms with van der Waals surface area (Å²) in [5.41, 5.74) is 0.218. The molecule has 1 unspecified atom stereocenters. The summed E-state index contributed by atoms with van der Waals surface area (Å²) in [5.74, 6) is -1.16. The lowest BCUT2D eigenvalue weighted by molar-refractivity contribution is 0.0686. The summed E-state index contributed by atoms with van der Waals surface area (Å²) >= 11 is 0. The van der Waals surface area contributed by atoms with E-state index in [2.05, 4.69) is 5.10 Å². The normalized spacial score (nSPS) is 17.1. The van der Waals surface area contributed by atoms with Gasteiger partial charge in [-0.2, -0.15) is 5.10 Å². The van der Waals surface area contributed by atoms with Gasteiger partial charge in [0.15, 0.2) is 0 Å². The van der Waals surface area contributed by atoms with Gasteiger partial charge in [0.05, 0.1) is 13.2 Å². The Morgan fingerprint density at radius 1 is 1.52 bits per heavy atom. The third-order valence-electron chi connectivity index (χ3n) is 3.71. The number of aromatic nitrogens is 2. The number of fused-ring (bicyclic) bond motifs is 1. The van der Waals surface area contributed by atoms with Gasteiger partial charge in [-0.1, -0.05) is 19.1 Å². The first-order valence-electron chi connectivity index (χ1n) is 6.83. The Hall–Kier alpha value is -2.37. The fraction of sp³-hybridized carbons (Fsp3) is 0.333. The fourth-order valence-corrected chi connectivity index (χ4v) is 2.49. The van der Waals surface area contributed by atoms with E-state index in [0.717, 1.165) is 6.42 Å². The standard InChI is InChI=1S/C15H15FN2O3/c1-2-9-7-18-14(21-8-9)12(15(19)20)13(17-18)10-5-3-4-6-11(10)16/h3-6,9H,2,7-8H2,1H3,(H,19,20). The van der Waals surface area contributed by atoms with Crippen LogP contribution in [0.25, 0.3) is 11.3 Å². The molecule has 1 atom stereocenters. The highest BCUT2D eigenvalue weighted by Gasteiger charge is 2.31. The minimum Gasteiger partial charge on any atom is -0.477 e. The van der Waals surface area contributed by atoms with Crippen molar-refractivity contribution in [2.45, 2.75) is 19.9 Å². The number of halogens is 1. The largest absolute Gasteiger partial charge is 0.477 e. The molecular weight excluding hydrogens is 275 g/mol. The minimum absolute atomic E-state index is 0.0744. The maximum Gasteiger partial charge on any atom is 0.343 e. The van der Waals surface area contributed by atoms with Crippen molar-refractivity contribution in [2.24, 2.45) is 5.92 Å². The minimum atomic E-state index is -1.16. The summed E-state index contributed by atoms with van der Waals surface area (Å²) in [6.07, 6.45) is 0.913. The number of aromatic carboxylic acids is 1. The highest BCUT2D eigenvalue weighted by atomic mass is 19.1. The van der Waals surface area contributed by atoms with Crippen molar-refractivity contribution < 1.29 is 19.0 Å². The number of nitrogens with zero attached hydrogens (tertiary/aromatic N) is 2. The summed E-state index contributed by atoms with van der Waals surface area (Å²) in [5, 5.41) is 13.7. The predicted octanol–water partition coefficient (Wildman–Crippen LogP) is 2.81. The monoisotopic (exact) mass is 290 g/mol. The van der Waals surface area contributed by atoms with Gasteiger partial charge in [-0.3, -0.25) is 0 Å². The molecule has 2 heterocycles. The molecular formula is C15H15FN2O3. The van der Waals surface area contributed by atoms with Gasteiger partial charge >= 0.3 is 5.97 Å². The van der Waals surface area contributed by atoms with E-state index in [9.17, 15) is 14.3 Å². The number of rotatable bonds is 3.